The van der Waals surface area contributed by atoms with E-state index in [2.05, 4.69) is 5.32 Å². The number of hydrogen-bond acceptors (Lipinski definition) is 2. The number of hydrogen-bond donors (Lipinski definition) is 2. The Labute approximate surface area is 106 Å². The Balaban J connectivity index is 2.16. The molecule has 92 valence electrons. The van der Waals surface area contributed by atoms with Gasteiger partial charge in [-0.15, -0.1) is 0 Å². The smallest absolute Gasteiger partial charge is 0.255 e. The second-order valence-electron chi connectivity index (χ2n) is 4.18. The Hall–Kier alpha value is -2.13. The van der Waals surface area contributed by atoms with E-state index in [4.69, 9.17) is 5.11 Å². The average molecular weight is 241 g/mol. The van der Waals surface area contributed by atoms with Gasteiger partial charge in [0, 0.05) is 11.3 Å². The second-order valence-corrected chi connectivity index (χ2v) is 4.18. The molecule has 3 heteroatoms. The maximum Gasteiger partial charge on any atom is 0.255 e. The predicted octanol–water partition coefficient (Wildman–Crippen LogP) is 2.74. The Morgan fingerprint density at radius 1 is 1.17 bits per heavy atom. The van der Waals surface area contributed by atoms with Gasteiger partial charge in [0.1, 0.15) is 0 Å². The summed E-state index contributed by atoms with van der Waals surface area (Å²) in [6.45, 7) is 1.91. The van der Waals surface area contributed by atoms with Gasteiger partial charge >= 0.3 is 0 Å². The van der Waals surface area contributed by atoms with Gasteiger partial charge in [-0.25, -0.2) is 0 Å². The second kappa shape index (κ2) is 5.47. The molecular weight excluding hydrogens is 226 g/mol. The van der Waals surface area contributed by atoms with E-state index in [-0.39, 0.29) is 12.5 Å². The zero-order chi connectivity index (χ0) is 13.0. The molecule has 0 bridgehead atoms. The summed E-state index contributed by atoms with van der Waals surface area (Å²) in [5.74, 6) is -0.145. The first-order valence-corrected chi connectivity index (χ1v) is 5.77. The van der Waals surface area contributed by atoms with E-state index in [1.165, 1.54) is 0 Å². The van der Waals surface area contributed by atoms with Gasteiger partial charge < -0.3 is 10.4 Å². The summed E-state index contributed by atoms with van der Waals surface area (Å²) >= 11 is 0. The molecular formula is C15H15NO2. The van der Waals surface area contributed by atoms with Crippen molar-refractivity contribution in [3.8, 4) is 0 Å². The standard InChI is InChI=1S/C15H15NO2/c1-11-4-2-6-13(8-11)15(18)16-14-7-3-5-12(9-14)10-17/h2-9,17H,10H2,1H3,(H,16,18). The Morgan fingerprint density at radius 3 is 2.67 bits per heavy atom. The minimum atomic E-state index is -0.145. The topological polar surface area (TPSA) is 49.3 Å². The lowest BCUT2D eigenvalue weighted by molar-refractivity contribution is 0.102. The van der Waals surface area contributed by atoms with E-state index >= 15 is 0 Å². The molecule has 0 saturated heterocycles. The first-order valence-electron chi connectivity index (χ1n) is 5.77. The maximum absolute atomic E-state index is 12.0. The summed E-state index contributed by atoms with van der Waals surface area (Å²) in [5, 5.41) is 11.8. The molecule has 3 nitrogen and oxygen atoms in total. The van der Waals surface area contributed by atoms with E-state index in [1.54, 1.807) is 24.3 Å². The quantitative estimate of drug-likeness (QED) is 0.868. The van der Waals surface area contributed by atoms with Crippen LogP contribution in [0.2, 0.25) is 0 Å². The van der Waals surface area contributed by atoms with E-state index < -0.39 is 0 Å². The third-order valence-corrected chi connectivity index (χ3v) is 2.65. The van der Waals surface area contributed by atoms with Gasteiger partial charge in [-0.2, -0.15) is 0 Å². The van der Waals surface area contributed by atoms with Gasteiger partial charge in [-0.3, -0.25) is 4.79 Å². The van der Waals surface area contributed by atoms with Crippen molar-refractivity contribution in [3.63, 3.8) is 0 Å². The number of amides is 1. The van der Waals surface area contributed by atoms with Crippen LogP contribution in [0.5, 0.6) is 0 Å². The number of anilines is 1. The number of carbonyl (C=O) groups excluding carboxylic acids is 1. The molecule has 2 aromatic rings. The minimum absolute atomic E-state index is 0.0336. The summed E-state index contributed by atoms with van der Waals surface area (Å²) in [6, 6.07) is 14.6. The zero-order valence-corrected chi connectivity index (χ0v) is 10.2. The van der Waals surface area contributed by atoms with E-state index in [9.17, 15) is 4.79 Å². The summed E-state index contributed by atoms with van der Waals surface area (Å²) < 4.78 is 0. The molecule has 0 spiro atoms. The highest BCUT2D eigenvalue weighted by molar-refractivity contribution is 6.04. The molecule has 0 unspecified atom stereocenters. The van der Waals surface area contributed by atoms with Crippen LogP contribution < -0.4 is 5.32 Å². The van der Waals surface area contributed by atoms with Gasteiger partial charge in [0.2, 0.25) is 0 Å². The molecule has 2 N–H and O–H groups in total. The molecule has 0 fully saturated rings. The van der Waals surface area contributed by atoms with Crippen LogP contribution in [0.25, 0.3) is 0 Å². The summed E-state index contributed by atoms with van der Waals surface area (Å²) in [5.41, 5.74) is 3.14. The van der Waals surface area contributed by atoms with Gasteiger partial charge in [0.25, 0.3) is 5.91 Å². The highest BCUT2D eigenvalue weighted by Crippen LogP contribution is 2.13. The maximum atomic E-state index is 12.0. The molecule has 0 aliphatic carbocycles. The van der Waals surface area contributed by atoms with E-state index in [1.807, 2.05) is 31.2 Å². The van der Waals surface area contributed by atoms with E-state index in [0.29, 0.717) is 11.3 Å². The predicted molar refractivity (Wildman–Crippen MR) is 71.5 cm³/mol. The lowest BCUT2D eigenvalue weighted by Crippen LogP contribution is -2.12. The molecule has 0 saturated carbocycles. The minimum Gasteiger partial charge on any atom is -0.392 e. The molecule has 0 heterocycles. The number of carbonyl (C=O) groups is 1. The van der Waals surface area contributed by atoms with Crippen molar-refractivity contribution in [1.82, 2.24) is 0 Å². The first-order chi connectivity index (χ1) is 8.69. The van der Waals surface area contributed by atoms with Crippen LogP contribution in [0.15, 0.2) is 48.5 Å². The molecule has 2 rings (SSSR count). The van der Waals surface area contributed by atoms with Crippen molar-refractivity contribution in [2.75, 3.05) is 5.32 Å². The zero-order valence-electron chi connectivity index (χ0n) is 10.2. The van der Waals surface area contributed by atoms with Gasteiger partial charge in [0.15, 0.2) is 0 Å². The summed E-state index contributed by atoms with van der Waals surface area (Å²) in [7, 11) is 0. The molecule has 1 amide bonds. The Bertz CT molecular complexity index is 564. The van der Waals surface area contributed by atoms with Crippen molar-refractivity contribution in [2.45, 2.75) is 13.5 Å². The third kappa shape index (κ3) is 2.96. The summed E-state index contributed by atoms with van der Waals surface area (Å²) in [4.78, 5) is 12.0. The summed E-state index contributed by atoms with van der Waals surface area (Å²) in [6.07, 6.45) is 0. The number of benzene rings is 2. The normalized spacial score (nSPS) is 10.1. The van der Waals surface area contributed by atoms with Crippen LogP contribution >= 0.6 is 0 Å². The molecule has 18 heavy (non-hydrogen) atoms. The van der Waals surface area contributed by atoms with Gasteiger partial charge in [-0.05, 0) is 36.8 Å². The lowest BCUT2D eigenvalue weighted by Gasteiger charge is -2.07. The van der Waals surface area contributed by atoms with Crippen molar-refractivity contribution in [2.24, 2.45) is 0 Å². The fourth-order valence-corrected chi connectivity index (χ4v) is 1.74. The molecule has 0 aromatic heterocycles. The Morgan fingerprint density at radius 2 is 1.94 bits per heavy atom. The SMILES string of the molecule is Cc1cccc(C(=O)Nc2cccc(CO)c2)c1. The van der Waals surface area contributed by atoms with Crippen molar-refractivity contribution < 1.29 is 9.90 Å². The highest BCUT2D eigenvalue weighted by Gasteiger charge is 2.06. The molecule has 2 aromatic carbocycles. The van der Waals surface area contributed by atoms with Crippen LogP contribution in [-0.4, -0.2) is 11.0 Å². The largest absolute Gasteiger partial charge is 0.392 e. The fraction of sp³-hybridized carbons (Fsp3) is 0.133. The number of rotatable bonds is 3. The monoisotopic (exact) mass is 241 g/mol. The molecule has 0 atom stereocenters. The molecule has 0 radical (unpaired) electrons. The number of nitrogens with one attached hydrogen (secondary N) is 1. The Kier molecular flexibility index (Phi) is 3.75. The van der Waals surface area contributed by atoms with Crippen LogP contribution in [0, 0.1) is 6.92 Å². The van der Waals surface area contributed by atoms with Gasteiger partial charge in [0.05, 0.1) is 6.61 Å². The van der Waals surface area contributed by atoms with Crippen molar-refractivity contribution in [1.29, 1.82) is 0 Å². The van der Waals surface area contributed by atoms with Crippen LogP contribution in [0.1, 0.15) is 21.5 Å². The number of aliphatic hydroxyl groups is 1. The number of aliphatic hydroxyl groups excluding tert-OH is 1. The first kappa shape index (κ1) is 12.3. The van der Waals surface area contributed by atoms with Crippen molar-refractivity contribution >= 4 is 11.6 Å². The molecule has 0 aliphatic heterocycles. The molecule has 0 aliphatic rings. The lowest BCUT2D eigenvalue weighted by atomic mass is 10.1. The highest BCUT2D eigenvalue weighted by atomic mass is 16.3. The van der Waals surface area contributed by atoms with Crippen LogP contribution in [0.4, 0.5) is 5.69 Å². The third-order valence-electron chi connectivity index (χ3n) is 2.65. The number of aryl methyl sites for hydroxylation is 1. The van der Waals surface area contributed by atoms with Gasteiger partial charge in [-0.1, -0.05) is 29.8 Å². The van der Waals surface area contributed by atoms with Crippen molar-refractivity contribution in [3.05, 3.63) is 65.2 Å². The van der Waals surface area contributed by atoms with Crippen LogP contribution in [-0.2, 0) is 6.61 Å². The average Bonchev–Trinajstić information content (AvgIpc) is 2.39. The fourth-order valence-electron chi connectivity index (χ4n) is 1.74. The van der Waals surface area contributed by atoms with Crippen LogP contribution in [0.3, 0.4) is 0 Å². The van der Waals surface area contributed by atoms with E-state index in [0.717, 1.165) is 11.1 Å².